The summed E-state index contributed by atoms with van der Waals surface area (Å²) in [6.45, 7) is 6.75. The minimum absolute atomic E-state index is 0.0207. The quantitative estimate of drug-likeness (QED) is 0.659. The molecule has 4 fully saturated rings. The van der Waals surface area contributed by atoms with Crippen molar-refractivity contribution < 1.29 is 19.1 Å². The molecule has 8 nitrogen and oxygen atoms in total. The van der Waals surface area contributed by atoms with Crippen molar-refractivity contribution in [2.24, 2.45) is 29.6 Å². The highest BCUT2D eigenvalue weighted by Gasteiger charge is 2.70. The molecule has 2 saturated heterocycles. The summed E-state index contributed by atoms with van der Waals surface area (Å²) < 4.78 is 5.30. The molecule has 5 aliphatic rings. The number of hydrogen-bond acceptors (Lipinski definition) is 7. The molecule has 172 valence electrons. The van der Waals surface area contributed by atoms with E-state index in [4.69, 9.17) is 4.74 Å². The summed E-state index contributed by atoms with van der Waals surface area (Å²) in [5.41, 5.74) is -0.206. The third kappa shape index (κ3) is 2.78. The lowest BCUT2D eigenvalue weighted by atomic mass is 9.64. The number of ether oxygens (including phenoxy) is 1. The number of fused-ring (bicyclic) bond motifs is 9. The van der Waals surface area contributed by atoms with Crippen molar-refractivity contribution in [3.8, 4) is 0 Å². The number of rotatable bonds is 3. The van der Waals surface area contributed by atoms with Gasteiger partial charge in [0.15, 0.2) is 0 Å². The van der Waals surface area contributed by atoms with Gasteiger partial charge in [0.05, 0.1) is 30.1 Å². The van der Waals surface area contributed by atoms with E-state index in [0.717, 1.165) is 16.3 Å². The smallest absolute Gasteiger partial charge is 0.305 e. The summed E-state index contributed by atoms with van der Waals surface area (Å²) in [6, 6.07) is 0. The predicted molar refractivity (Wildman–Crippen MR) is 118 cm³/mol. The minimum Gasteiger partial charge on any atom is -0.378 e. The molecule has 10 heteroatoms. The van der Waals surface area contributed by atoms with Gasteiger partial charge >= 0.3 is 4.87 Å². The maximum Gasteiger partial charge on any atom is 0.305 e. The highest BCUT2D eigenvalue weighted by atomic mass is 32.2. The van der Waals surface area contributed by atoms with E-state index in [1.807, 2.05) is 0 Å². The van der Waals surface area contributed by atoms with Gasteiger partial charge in [0.25, 0.3) is 0 Å². The van der Waals surface area contributed by atoms with Gasteiger partial charge in [-0.3, -0.25) is 24.1 Å². The van der Waals surface area contributed by atoms with Gasteiger partial charge in [-0.2, -0.15) is 0 Å². The third-order valence-electron chi connectivity index (χ3n) is 8.40. The molecule has 3 aliphatic heterocycles. The van der Waals surface area contributed by atoms with E-state index in [1.54, 1.807) is 16.7 Å². The van der Waals surface area contributed by atoms with Crippen LogP contribution in [0.1, 0.15) is 31.6 Å². The highest BCUT2D eigenvalue weighted by Crippen LogP contribution is 2.68. The van der Waals surface area contributed by atoms with Crippen molar-refractivity contribution in [2.45, 2.75) is 42.4 Å². The first-order valence-electron chi connectivity index (χ1n) is 11.4. The highest BCUT2D eigenvalue weighted by molar-refractivity contribution is 8.00. The minimum atomic E-state index is -0.276. The molecule has 0 spiro atoms. The number of hydrogen-bond donors (Lipinski definition) is 1. The molecule has 6 rings (SSSR count). The molecule has 3 amide bonds. The van der Waals surface area contributed by atoms with Gasteiger partial charge in [-0.1, -0.05) is 25.2 Å². The number of aromatic nitrogens is 1. The summed E-state index contributed by atoms with van der Waals surface area (Å²) >= 11 is 2.98. The van der Waals surface area contributed by atoms with Gasteiger partial charge in [-0.15, -0.1) is 11.8 Å². The molecule has 32 heavy (non-hydrogen) atoms. The molecule has 4 heterocycles. The van der Waals surface area contributed by atoms with E-state index in [-0.39, 0.29) is 75.8 Å². The van der Waals surface area contributed by atoms with Crippen molar-refractivity contribution in [1.82, 2.24) is 14.8 Å². The number of carbonyl (C=O) groups excluding carboxylic acids is 3. The second-order valence-electron chi connectivity index (χ2n) is 10.2. The number of imide groups is 1. The fraction of sp³-hybridized carbons (Fsp3) is 0.727. The second kappa shape index (κ2) is 7.17. The number of H-pyrrole nitrogens is 1. The predicted octanol–water partition coefficient (Wildman–Crippen LogP) is 1.30. The zero-order valence-electron chi connectivity index (χ0n) is 18.2. The van der Waals surface area contributed by atoms with E-state index >= 15 is 0 Å². The monoisotopic (exact) mass is 477 g/mol. The van der Waals surface area contributed by atoms with Gasteiger partial charge in [0, 0.05) is 41.6 Å². The maximum absolute atomic E-state index is 13.4. The lowest BCUT2D eigenvalue weighted by Gasteiger charge is -2.47. The normalized spacial score (nSPS) is 36.9. The second-order valence-corrected chi connectivity index (χ2v) is 12.4. The lowest BCUT2D eigenvalue weighted by Crippen LogP contribution is -2.48. The van der Waals surface area contributed by atoms with Crippen LogP contribution < -0.4 is 4.87 Å². The zero-order chi connectivity index (χ0) is 22.4. The topological polar surface area (TPSA) is 99.8 Å². The Labute approximate surface area is 194 Å². The van der Waals surface area contributed by atoms with Crippen LogP contribution in [-0.4, -0.2) is 70.6 Å². The molecule has 2 bridgehead atoms. The lowest BCUT2D eigenvalue weighted by molar-refractivity contribution is -0.142. The first kappa shape index (κ1) is 20.9. The van der Waals surface area contributed by atoms with Crippen LogP contribution in [0.3, 0.4) is 0 Å². The Morgan fingerprint density at radius 3 is 2.53 bits per heavy atom. The zero-order valence-corrected chi connectivity index (χ0v) is 19.8. The van der Waals surface area contributed by atoms with Gasteiger partial charge in [0.2, 0.25) is 17.7 Å². The van der Waals surface area contributed by atoms with Crippen LogP contribution in [0, 0.1) is 29.6 Å². The molecule has 6 atom stereocenters. The Morgan fingerprint density at radius 2 is 1.81 bits per heavy atom. The van der Waals surface area contributed by atoms with Gasteiger partial charge in [0.1, 0.15) is 0 Å². The largest absolute Gasteiger partial charge is 0.378 e. The Bertz CT molecular complexity index is 1060. The molecule has 1 aromatic rings. The van der Waals surface area contributed by atoms with E-state index in [1.165, 1.54) is 16.2 Å². The fourth-order valence-electron chi connectivity index (χ4n) is 7.11. The number of amides is 3. The van der Waals surface area contributed by atoms with E-state index in [9.17, 15) is 19.2 Å². The average molecular weight is 478 g/mol. The molecular weight excluding hydrogens is 450 g/mol. The van der Waals surface area contributed by atoms with E-state index in [2.05, 4.69) is 18.8 Å². The molecule has 0 unspecified atom stereocenters. The van der Waals surface area contributed by atoms with Crippen LogP contribution in [0.4, 0.5) is 0 Å². The van der Waals surface area contributed by atoms with Crippen molar-refractivity contribution >= 4 is 40.8 Å². The van der Waals surface area contributed by atoms with Crippen molar-refractivity contribution in [3.63, 3.8) is 0 Å². The number of aromatic amines is 1. The summed E-state index contributed by atoms with van der Waals surface area (Å²) in [7, 11) is 0. The van der Waals surface area contributed by atoms with Gasteiger partial charge in [-0.25, -0.2) is 0 Å². The first-order chi connectivity index (χ1) is 15.3. The Hall–Kier alpha value is -1.65. The first-order valence-corrected chi connectivity index (χ1v) is 13.1. The SMILES string of the molecule is CC1(C)c2sc(=O)[nH]c2S[C@@H]2[C@@H]3C[C@H]([C@H]4C(=O)N(CCC(=O)N5CCOCC5)C(=O)[C@H]34)[C@H]21. The Kier molecular flexibility index (Phi) is 4.69. The molecule has 2 saturated carbocycles. The molecule has 0 aromatic carbocycles. The van der Waals surface area contributed by atoms with Crippen molar-refractivity contribution in [1.29, 1.82) is 0 Å². The standard InChI is InChI=1S/C22H27N3O5S2/c1-22(2)15-10-9-11(16(15)31-18-17(22)32-21(29)23-18)14-13(10)19(27)25(20(14)28)4-3-12(26)24-5-7-30-8-6-24/h10-11,13-16H,3-9H2,1-2H3,(H,23,29)/t10-,11-,13-,14-,15-,16-/m1/s1. The van der Waals surface area contributed by atoms with Crippen molar-refractivity contribution in [2.75, 3.05) is 32.8 Å². The van der Waals surface area contributed by atoms with Crippen LogP contribution in [-0.2, 0) is 24.5 Å². The number of carbonyl (C=O) groups is 3. The van der Waals surface area contributed by atoms with Crippen LogP contribution in [0.25, 0.3) is 0 Å². The Balaban J connectivity index is 1.23. The van der Waals surface area contributed by atoms with Gasteiger partial charge < -0.3 is 14.6 Å². The fourth-order valence-corrected chi connectivity index (χ4v) is 10.3. The van der Waals surface area contributed by atoms with Crippen LogP contribution in [0.15, 0.2) is 9.82 Å². The number of nitrogens with zero attached hydrogens (tertiary/aromatic N) is 2. The number of morpholine rings is 1. The average Bonchev–Trinajstić information content (AvgIpc) is 3.49. The van der Waals surface area contributed by atoms with E-state index in [0.29, 0.717) is 26.3 Å². The maximum atomic E-state index is 13.4. The number of likely N-dealkylation sites (tertiary alicyclic amines) is 1. The van der Waals surface area contributed by atoms with Gasteiger partial charge in [-0.05, 0) is 24.2 Å². The van der Waals surface area contributed by atoms with Crippen LogP contribution in [0.2, 0.25) is 0 Å². The summed E-state index contributed by atoms with van der Waals surface area (Å²) in [5.74, 6) is -0.186. The van der Waals surface area contributed by atoms with Crippen LogP contribution in [0.5, 0.6) is 0 Å². The molecule has 0 radical (unpaired) electrons. The number of thiazole rings is 1. The van der Waals surface area contributed by atoms with Crippen LogP contribution >= 0.6 is 23.1 Å². The molecule has 1 N–H and O–H groups in total. The molecule has 1 aromatic heterocycles. The summed E-state index contributed by atoms with van der Waals surface area (Å²) in [6.07, 6.45) is 1.08. The summed E-state index contributed by atoms with van der Waals surface area (Å²) in [4.78, 5) is 58.5. The third-order valence-corrected chi connectivity index (χ3v) is 11.2. The van der Waals surface area contributed by atoms with Crippen molar-refractivity contribution in [3.05, 3.63) is 14.5 Å². The number of nitrogens with one attached hydrogen (secondary N) is 1. The molecule has 2 aliphatic carbocycles. The summed E-state index contributed by atoms with van der Waals surface area (Å²) in [5, 5.41) is 1.18. The number of thioether (sulfide) groups is 1. The molecular formula is C22H27N3O5S2. The Morgan fingerprint density at radius 1 is 1.12 bits per heavy atom. The van der Waals surface area contributed by atoms with E-state index < -0.39 is 0 Å².